The van der Waals surface area contributed by atoms with Gasteiger partial charge in [0.2, 0.25) is 17.8 Å². The zero-order valence-corrected chi connectivity index (χ0v) is 16.7. The van der Waals surface area contributed by atoms with Crippen molar-refractivity contribution in [3.8, 4) is 0 Å². The number of nitrogens with zero attached hydrogens (tertiary/aromatic N) is 2. The SMILES string of the molecule is C=CC(=O)Nc1ccccc1Nc1nc(Nc2cc(C(N)=O)ccc2C)ncc1C. The second-order valence-corrected chi connectivity index (χ2v) is 6.61. The number of amides is 2. The molecule has 2 aromatic carbocycles. The minimum absolute atomic E-state index is 0.309. The van der Waals surface area contributed by atoms with Crippen LogP contribution in [0.3, 0.4) is 0 Å². The standard InChI is InChI=1S/C22H22N6O2/c1-4-19(29)25-16-7-5-6-8-17(16)26-21-14(3)12-24-22(28-21)27-18-11-15(20(23)30)10-9-13(18)2/h4-12H,1H2,2-3H3,(H2,23,30)(H,25,29)(H2,24,26,27,28). The number of hydrogen-bond donors (Lipinski definition) is 4. The predicted octanol–water partition coefficient (Wildman–Crippen LogP) is 3.80. The number of hydrogen-bond acceptors (Lipinski definition) is 6. The molecule has 5 N–H and O–H groups in total. The van der Waals surface area contributed by atoms with E-state index in [1.165, 1.54) is 6.08 Å². The Bertz CT molecular complexity index is 1130. The third kappa shape index (κ3) is 4.79. The lowest BCUT2D eigenvalue weighted by Crippen LogP contribution is -2.12. The first-order valence-electron chi connectivity index (χ1n) is 9.18. The number of carbonyl (C=O) groups excluding carboxylic acids is 2. The minimum atomic E-state index is -0.511. The molecule has 0 bridgehead atoms. The largest absolute Gasteiger partial charge is 0.366 e. The fourth-order valence-corrected chi connectivity index (χ4v) is 2.67. The molecule has 30 heavy (non-hydrogen) atoms. The fourth-order valence-electron chi connectivity index (χ4n) is 2.67. The lowest BCUT2D eigenvalue weighted by molar-refractivity contribution is -0.111. The number of anilines is 5. The van der Waals surface area contributed by atoms with Crippen molar-refractivity contribution in [3.63, 3.8) is 0 Å². The quantitative estimate of drug-likeness (QED) is 0.446. The van der Waals surface area contributed by atoms with Crippen molar-refractivity contribution in [2.75, 3.05) is 16.0 Å². The van der Waals surface area contributed by atoms with Gasteiger partial charge in [0, 0.05) is 23.0 Å². The molecule has 2 amide bonds. The lowest BCUT2D eigenvalue weighted by atomic mass is 10.1. The highest BCUT2D eigenvalue weighted by atomic mass is 16.1. The van der Waals surface area contributed by atoms with E-state index in [0.29, 0.717) is 34.4 Å². The number of carbonyl (C=O) groups is 2. The Morgan fingerprint density at radius 2 is 1.73 bits per heavy atom. The summed E-state index contributed by atoms with van der Waals surface area (Å²) in [5.74, 6) is 0.0937. The van der Waals surface area contributed by atoms with Crippen LogP contribution in [0.4, 0.5) is 28.8 Å². The zero-order valence-electron chi connectivity index (χ0n) is 16.7. The number of aromatic nitrogens is 2. The summed E-state index contributed by atoms with van der Waals surface area (Å²) in [6.45, 7) is 7.24. The molecule has 0 saturated heterocycles. The number of nitrogens with two attached hydrogens (primary N) is 1. The normalized spacial score (nSPS) is 10.2. The van der Waals surface area contributed by atoms with E-state index < -0.39 is 5.91 Å². The number of aryl methyl sites for hydroxylation is 2. The molecule has 0 saturated carbocycles. The fraction of sp³-hybridized carbons (Fsp3) is 0.0909. The van der Waals surface area contributed by atoms with Gasteiger partial charge >= 0.3 is 0 Å². The third-order valence-electron chi connectivity index (χ3n) is 4.36. The van der Waals surface area contributed by atoms with Gasteiger partial charge in [-0.05, 0) is 49.8 Å². The Balaban J connectivity index is 1.89. The molecule has 8 nitrogen and oxygen atoms in total. The Kier molecular flexibility index (Phi) is 6.07. The van der Waals surface area contributed by atoms with E-state index in [4.69, 9.17) is 5.73 Å². The highest BCUT2D eigenvalue weighted by molar-refractivity contribution is 6.01. The number of benzene rings is 2. The molecule has 0 aliphatic heterocycles. The predicted molar refractivity (Wildman–Crippen MR) is 118 cm³/mol. The lowest BCUT2D eigenvalue weighted by Gasteiger charge is -2.15. The van der Waals surface area contributed by atoms with Gasteiger partial charge in [0.25, 0.3) is 0 Å². The summed E-state index contributed by atoms with van der Waals surface area (Å²) in [4.78, 5) is 32.0. The molecule has 0 spiro atoms. The van der Waals surface area contributed by atoms with Gasteiger partial charge in [0.15, 0.2) is 0 Å². The van der Waals surface area contributed by atoms with E-state index in [2.05, 4.69) is 32.5 Å². The summed E-state index contributed by atoms with van der Waals surface area (Å²) >= 11 is 0. The molecule has 8 heteroatoms. The van der Waals surface area contributed by atoms with Crippen LogP contribution in [-0.4, -0.2) is 21.8 Å². The van der Waals surface area contributed by atoms with Crippen molar-refractivity contribution in [1.82, 2.24) is 9.97 Å². The van der Waals surface area contributed by atoms with E-state index in [1.54, 1.807) is 30.5 Å². The average Bonchev–Trinajstić information content (AvgIpc) is 2.73. The van der Waals surface area contributed by atoms with Crippen LogP contribution >= 0.6 is 0 Å². The van der Waals surface area contributed by atoms with Crippen LogP contribution in [0.25, 0.3) is 0 Å². The highest BCUT2D eigenvalue weighted by Crippen LogP contribution is 2.27. The van der Waals surface area contributed by atoms with Gasteiger partial charge in [0.1, 0.15) is 5.82 Å². The minimum Gasteiger partial charge on any atom is -0.366 e. The molecule has 0 unspecified atom stereocenters. The van der Waals surface area contributed by atoms with Crippen LogP contribution in [0, 0.1) is 13.8 Å². The van der Waals surface area contributed by atoms with E-state index in [-0.39, 0.29) is 5.91 Å². The summed E-state index contributed by atoms with van der Waals surface area (Å²) in [5.41, 5.74) is 9.44. The van der Waals surface area contributed by atoms with Gasteiger partial charge in [-0.3, -0.25) is 9.59 Å². The number of rotatable bonds is 7. The molecule has 3 aromatic rings. The molecular formula is C22H22N6O2. The molecule has 3 rings (SSSR count). The first-order chi connectivity index (χ1) is 14.4. The van der Waals surface area contributed by atoms with Crippen molar-refractivity contribution < 1.29 is 9.59 Å². The van der Waals surface area contributed by atoms with E-state index in [0.717, 1.165) is 11.1 Å². The molecule has 0 fully saturated rings. The van der Waals surface area contributed by atoms with Gasteiger partial charge < -0.3 is 21.7 Å². The van der Waals surface area contributed by atoms with Crippen molar-refractivity contribution in [3.05, 3.63) is 78.0 Å². The topological polar surface area (TPSA) is 122 Å². The van der Waals surface area contributed by atoms with Gasteiger partial charge in [-0.25, -0.2) is 4.98 Å². The van der Waals surface area contributed by atoms with E-state index >= 15 is 0 Å². The van der Waals surface area contributed by atoms with Crippen LogP contribution in [0.1, 0.15) is 21.5 Å². The monoisotopic (exact) mass is 402 g/mol. The van der Waals surface area contributed by atoms with Gasteiger partial charge in [0.05, 0.1) is 11.4 Å². The maximum absolute atomic E-state index is 11.7. The van der Waals surface area contributed by atoms with Gasteiger partial charge in [-0.1, -0.05) is 24.8 Å². The third-order valence-corrected chi connectivity index (χ3v) is 4.36. The van der Waals surface area contributed by atoms with Gasteiger partial charge in [-0.15, -0.1) is 0 Å². The highest BCUT2D eigenvalue weighted by Gasteiger charge is 2.11. The Morgan fingerprint density at radius 3 is 2.43 bits per heavy atom. The van der Waals surface area contributed by atoms with E-state index in [1.807, 2.05) is 32.0 Å². The molecule has 152 valence electrons. The van der Waals surface area contributed by atoms with Crippen LogP contribution in [0.2, 0.25) is 0 Å². The molecule has 1 aromatic heterocycles. The number of para-hydroxylation sites is 2. The maximum Gasteiger partial charge on any atom is 0.248 e. The van der Waals surface area contributed by atoms with Crippen LogP contribution in [0.5, 0.6) is 0 Å². The van der Waals surface area contributed by atoms with Crippen molar-refractivity contribution >= 4 is 40.6 Å². The summed E-state index contributed by atoms with van der Waals surface area (Å²) in [5, 5.41) is 9.11. The van der Waals surface area contributed by atoms with Crippen LogP contribution in [-0.2, 0) is 4.79 Å². The maximum atomic E-state index is 11.7. The van der Waals surface area contributed by atoms with Crippen molar-refractivity contribution in [2.45, 2.75) is 13.8 Å². The molecule has 0 aliphatic carbocycles. The number of nitrogens with one attached hydrogen (secondary N) is 3. The first-order valence-corrected chi connectivity index (χ1v) is 9.18. The Labute approximate surface area is 174 Å². The summed E-state index contributed by atoms with van der Waals surface area (Å²) < 4.78 is 0. The molecule has 1 heterocycles. The molecule has 0 radical (unpaired) electrons. The Hall–Kier alpha value is -4.20. The molecule has 0 atom stereocenters. The van der Waals surface area contributed by atoms with Gasteiger partial charge in [-0.2, -0.15) is 4.98 Å². The average molecular weight is 402 g/mol. The summed E-state index contributed by atoms with van der Waals surface area (Å²) in [6, 6.07) is 12.4. The summed E-state index contributed by atoms with van der Waals surface area (Å²) in [6.07, 6.45) is 2.88. The zero-order chi connectivity index (χ0) is 21.7. The Morgan fingerprint density at radius 1 is 1.00 bits per heavy atom. The second-order valence-electron chi connectivity index (χ2n) is 6.61. The molecular weight excluding hydrogens is 380 g/mol. The summed E-state index contributed by atoms with van der Waals surface area (Å²) in [7, 11) is 0. The molecule has 0 aliphatic rings. The van der Waals surface area contributed by atoms with Crippen LogP contribution in [0.15, 0.2) is 61.3 Å². The van der Waals surface area contributed by atoms with E-state index in [9.17, 15) is 9.59 Å². The first kappa shape index (κ1) is 20.5. The number of primary amides is 1. The van der Waals surface area contributed by atoms with Crippen molar-refractivity contribution in [2.24, 2.45) is 5.73 Å². The van der Waals surface area contributed by atoms with Crippen LogP contribution < -0.4 is 21.7 Å². The smallest absolute Gasteiger partial charge is 0.248 e. The second kappa shape index (κ2) is 8.87. The van der Waals surface area contributed by atoms with Crippen molar-refractivity contribution in [1.29, 1.82) is 0 Å².